The van der Waals surface area contributed by atoms with Crippen LogP contribution in [0, 0.1) is 0 Å². The van der Waals surface area contributed by atoms with Crippen LogP contribution in [0.2, 0.25) is 0 Å². The number of hydrogen-bond acceptors (Lipinski definition) is 5. The van der Waals surface area contributed by atoms with Crippen LogP contribution in [0.5, 0.6) is 0 Å². The number of amides is 1. The number of halogens is 2. The molecule has 2 fully saturated rings. The lowest BCUT2D eigenvalue weighted by molar-refractivity contribution is -0.138. The summed E-state index contributed by atoms with van der Waals surface area (Å²) >= 11 is 0. The number of carbonyl (C=O) groups excluding carboxylic acids is 1. The maximum atomic E-state index is 12.6. The highest BCUT2D eigenvalue weighted by atomic mass is 19.3. The van der Waals surface area contributed by atoms with Crippen LogP contribution in [0.25, 0.3) is 10.9 Å². The van der Waals surface area contributed by atoms with E-state index < -0.39 is 18.5 Å². The lowest BCUT2D eigenvalue weighted by Crippen LogP contribution is -2.57. The molecule has 1 unspecified atom stereocenters. The molecule has 0 N–H and O–H groups in total. The third kappa shape index (κ3) is 3.96. The molecule has 2 aliphatic rings. The molecule has 29 heavy (non-hydrogen) atoms. The van der Waals surface area contributed by atoms with Gasteiger partial charge in [-0.3, -0.25) is 19.1 Å². The Balaban J connectivity index is 1.47. The van der Waals surface area contributed by atoms with Crippen molar-refractivity contribution in [2.45, 2.75) is 31.9 Å². The van der Waals surface area contributed by atoms with Crippen molar-refractivity contribution in [1.29, 1.82) is 0 Å². The molecule has 1 amide bonds. The predicted molar refractivity (Wildman–Crippen MR) is 106 cm³/mol. The number of rotatable bonds is 4. The first-order chi connectivity index (χ1) is 13.9. The maximum Gasteiger partial charge on any atom is 0.261 e. The van der Waals surface area contributed by atoms with Gasteiger partial charge >= 0.3 is 0 Å². The van der Waals surface area contributed by atoms with E-state index in [-0.39, 0.29) is 11.9 Å². The third-order valence-corrected chi connectivity index (χ3v) is 5.90. The number of likely N-dealkylation sites (N-methyl/N-ethyl adjacent to an activating group) is 1. The molecule has 4 rings (SSSR count). The molecule has 1 aromatic heterocycles. The number of hydrogen-bond donors (Lipinski definition) is 0. The Bertz CT molecular complexity index is 956. The molecule has 0 saturated carbocycles. The molecular formula is C20H25F2N5O2. The van der Waals surface area contributed by atoms with Crippen molar-refractivity contribution in [1.82, 2.24) is 19.4 Å². The zero-order valence-corrected chi connectivity index (χ0v) is 16.4. The van der Waals surface area contributed by atoms with Crippen molar-refractivity contribution in [3.8, 4) is 0 Å². The van der Waals surface area contributed by atoms with Gasteiger partial charge in [-0.15, -0.1) is 0 Å². The molecule has 1 atom stereocenters. The molecule has 0 spiro atoms. The minimum Gasteiger partial charge on any atom is -0.369 e. The molecule has 1 aromatic carbocycles. The summed E-state index contributed by atoms with van der Waals surface area (Å²) in [5.74, 6) is 0.208. The van der Waals surface area contributed by atoms with E-state index >= 15 is 0 Å². The van der Waals surface area contributed by atoms with Crippen molar-refractivity contribution in [2.24, 2.45) is 0 Å². The van der Waals surface area contributed by atoms with Crippen LogP contribution in [-0.4, -0.2) is 77.5 Å². The zero-order valence-electron chi connectivity index (χ0n) is 16.4. The molecule has 7 nitrogen and oxygen atoms in total. The first-order valence-corrected chi connectivity index (χ1v) is 9.95. The molecular weight excluding hydrogens is 380 g/mol. The first-order valence-electron chi connectivity index (χ1n) is 9.95. The van der Waals surface area contributed by atoms with Gasteiger partial charge in [0.05, 0.1) is 29.8 Å². The third-order valence-electron chi connectivity index (χ3n) is 5.90. The minimum absolute atomic E-state index is 0.0255. The number of benzene rings is 1. The quantitative estimate of drug-likeness (QED) is 0.770. The summed E-state index contributed by atoms with van der Waals surface area (Å²) in [6.07, 6.45) is 0.530. The average molecular weight is 405 g/mol. The Hall–Kier alpha value is -2.55. The van der Waals surface area contributed by atoms with Gasteiger partial charge in [-0.05, 0) is 31.0 Å². The average Bonchev–Trinajstić information content (AvgIpc) is 2.72. The summed E-state index contributed by atoms with van der Waals surface area (Å²) < 4.78 is 26.1. The van der Waals surface area contributed by atoms with Gasteiger partial charge in [0.25, 0.3) is 12.0 Å². The molecule has 2 saturated heterocycles. The van der Waals surface area contributed by atoms with Gasteiger partial charge in [0, 0.05) is 45.5 Å². The van der Waals surface area contributed by atoms with Gasteiger partial charge in [0.2, 0.25) is 5.91 Å². The van der Waals surface area contributed by atoms with Crippen molar-refractivity contribution >= 4 is 22.5 Å². The van der Waals surface area contributed by atoms with Crippen molar-refractivity contribution < 1.29 is 13.6 Å². The van der Waals surface area contributed by atoms with Gasteiger partial charge in [-0.2, -0.15) is 0 Å². The summed E-state index contributed by atoms with van der Waals surface area (Å²) in [5, 5.41) is 0.339. The van der Waals surface area contributed by atoms with Gasteiger partial charge in [-0.25, -0.2) is 13.8 Å². The number of alkyl halides is 2. The molecule has 9 heteroatoms. The second-order valence-electron chi connectivity index (χ2n) is 7.74. The fourth-order valence-corrected chi connectivity index (χ4v) is 4.26. The summed E-state index contributed by atoms with van der Waals surface area (Å²) in [6.45, 7) is 3.33. The van der Waals surface area contributed by atoms with Crippen molar-refractivity contribution in [2.75, 3.05) is 44.7 Å². The molecule has 0 radical (unpaired) electrons. The standard InChI is InChI=1S/C20H25F2N5O2/c1-24-6-2-3-17(20(24)29)26-9-7-25(8-10-26)14-4-5-15-16(11-14)23-13-27(19(15)28)12-18(21)22/h4-5,11,13,17-18H,2-3,6-10,12H2,1H3. The van der Waals surface area contributed by atoms with Crippen LogP contribution in [0.3, 0.4) is 0 Å². The predicted octanol–water partition coefficient (Wildman–Crippen LogP) is 1.40. The topological polar surface area (TPSA) is 61.7 Å². The number of piperidine rings is 1. The van der Waals surface area contributed by atoms with E-state index in [4.69, 9.17) is 0 Å². The largest absolute Gasteiger partial charge is 0.369 e. The fraction of sp³-hybridized carbons (Fsp3) is 0.550. The van der Waals surface area contributed by atoms with Gasteiger partial charge in [0.15, 0.2) is 0 Å². The smallest absolute Gasteiger partial charge is 0.261 e. The van der Waals surface area contributed by atoms with Crippen LogP contribution in [-0.2, 0) is 11.3 Å². The highest BCUT2D eigenvalue weighted by Gasteiger charge is 2.33. The van der Waals surface area contributed by atoms with Gasteiger partial charge < -0.3 is 9.80 Å². The normalized spacial score (nSPS) is 21.4. The SMILES string of the molecule is CN1CCCC(N2CCN(c3ccc4c(=O)n(CC(F)F)cnc4c3)CC2)C1=O. The van der Waals surface area contributed by atoms with E-state index in [0.29, 0.717) is 10.9 Å². The molecule has 0 aliphatic carbocycles. The lowest BCUT2D eigenvalue weighted by atomic mass is 10.0. The number of piperazine rings is 1. The lowest BCUT2D eigenvalue weighted by Gasteiger charge is -2.42. The Morgan fingerprint density at radius 3 is 2.62 bits per heavy atom. The number of anilines is 1. The zero-order chi connectivity index (χ0) is 20.5. The molecule has 156 valence electrons. The van der Waals surface area contributed by atoms with Gasteiger partial charge in [-0.1, -0.05) is 0 Å². The molecule has 3 heterocycles. The summed E-state index contributed by atoms with van der Waals surface area (Å²) in [4.78, 5) is 35.3. The van der Waals surface area contributed by atoms with Crippen molar-refractivity contribution in [3.63, 3.8) is 0 Å². The molecule has 2 aromatic rings. The van der Waals surface area contributed by atoms with Crippen molar-refractivity contribution in [3.05, 3.63) is 34.9 Å². The maximum absolute atomic E-state index is 12.6. The highest BCUT2D eigenvalue weighted by Crippen LogP contribution is 2.23. The Kier molecular flexibility index (Phi) is 5.49. The monoisotopic (exact) mass is 405 g/mol. The minimum atomic E-state index is -2.60. The molecule has 2 aliphatic heterocycles. The van der Waals surface area contributed by atoms with E-state index in [1.165, 1.54) is 6.33 Å². The van der Waals surface area contributed by atoms with E-state index in [2.05, 4.69) is 14.8 Å². The number of likely N-dealkylation sites (tertiary alicyclic amines) is 1. The van der Waals surface area contributed by atoms with E-state index in [0.717, 1.165) is 55.8 Å². The Morgan fingerprint density at radius 1 is 1.14 bits per heavy atom. The van der Waals surface area contributed by atoms with Crippen LogP contribution in [0.15, 0.2) is 29.3 Å². The van der Waals surface area contributed by atoms with Crippen LogP contribution < -0.4 is 10.5 Å². The van der Waals surface area contributed by atoms with Gasteiger partial charge in [0.1, 0.15) is 0 Å². The summed E-state index contributed by atoms with van der Waals surface area (Å²) in [7, 11) is 1.86. The van der Waals surface area contributed by atoms with Crippen LogP contribution >= 0.6 is 0 Å². The second-order valence-corrected chi connectivity index (χ2v) is 7.74. The first kappa shape index (κ1) is 19.8. The number of nitrogens with zero attached hydrogens (tertiary/aromatic N) is 5. The second kappa shape index (κ2) is 8.06. The highest BCUT2D eigenvalue weighted by molar-refractivity contribution is 5.83. The van der Waals surface area contributed by atoms with Crippen LogP contribution in [0.4, 0.5) is 14.5 Å². The number of fused-ring (bicyclic) bond motifs is 1. The Labute approximate surface area is 167 Å². The van der Waals surface area contributed by atoms with E-state index in [9.17, 15) is 18.4 Å². The summed E-state index contributed by atoms with van der Waals surface area (Å²) in [6, 6.07) is 5.31. The fourth-order valence-electron chi connectivity index (χ4n) is 4.26. The summed E-state index contributed by atoms with van der Waals surface area (Å²) in [5.41, 5.74) is 0.999. The number of aromatic nitrogens is 2. The number of carbonyl (C=O) groups is 1. The Morgan fingerprint density at radius 2 is 1.90 bits per heavy atom. The van der Waals surface area contributed by atoms with Crippen LogP contribution in [0.1, 0.15) is 12.8 Å². The van der Waals surface area contributed by atoms with E-state index in [1.54, 1.807) is 6.07 Å². The molecule has 0 bridgehead atoms. The van der Waals surface area contributed by atoms with E-state index in [1.807, 2.05) is 24.1 Å².